The number of thioether (sulfide) groups is 1. The Hall–Kier alpha value is -5.36. The number of rotatable bonds is 12. The molecule has 1 amide bonds. The number of fused-ring (bicyclic) bond motifs is 2. The van der Waals surface area contributed by atoms with Crippen molar-refractivity contribution in [3.05, 3.63) is 99.7 Å². The lowest BCUT2D eigenvalue weighted by atomic mass is 9.59. The second kappa shape index (κ2) is 18.2. The first-order valence-corrected chi connectivity index (χ1v) is 26.3. The fourth-order valence-corrected chi connectivity index (χ4v) is 13.9. The fourth-order valence-electron chi connectivity index (χ4n) is 11.5. The molecule has 0 unspecified atom stereocenters. The first-order chi connectivity index (χ1) is 32.6. The zero-order valence-corrected chi connectivity index (χ0v) is 40.7. The number of aromatic nitrogens is 2. The van der Waals surface area contributed by atoms with Gasteiger partial charge in [0.15, 0.2) is 5.75 Å². The van der Waals surface area contributed by atoms with E-state index in [2.05, 4.69) is 62.6 Å². The largest absolute Gasteiger partial charge is 0.491 e. The molecule has 3 aromatic carbocycles. The van der Waals surface area contributed by atoms with E-state index in [-0.39, 0.29) is 56.8 Å². The zero-order valence-electron chi connectivity index (χ0n) is 39.0. The summed E-state index contributed by atoms with van der Waals surface area (Å²) in [6.07, 6.45) is 11.3. The van der Waals surface area contributed by atoms with Crippen LogP contribution in [-0.4, -0.2) is 89.5 Å². The first kappa shape index (κ1) is 46.4. The second-order valence-corrected chi connectivity index (χ2v) is 23.1. The van der Waals surface area contributed by atoms with Gasteiger partial charge < -0.3 is 29.2 Å². The number of likely N-dealkylation sites (tertiary alicyclic amines) is 1. The molecule has 2 atom stereocenters. The lowest BCUT2D eigenvalue weighted by Crippen LogP contribution is -2.54. The van der Waals surface area contributed by atoms with Crippen LogP contribution in [0.25, 0.3) is 11.0 Å². The van der Waals surface area contributed by atoms with Crippen LogP contribution in [0, 0.1) is 21.4 Å². The number of amides is 1. The minimum Gasteiger partial charge on any atom is -0.491 e. The van der Waals surface area contributed by atoms with E-state index in [1.165, 1.54) is 61.7 Å². The molecule has 3 aliphatic heterocycles. The van der Waals surface area contributed by atoms with Crippen molar-refractivity contribution in [2.45, 2.75) is 124 Å². The van der Waals surface area contributed by atoms with Crippen LogP contribution in [0.3, 0.4) is 0 Å². The standard InChI is InChI=1S/C51H60N6O9S2/c1-31(2)37-8-5-6-9-38(37)40-10-7-21-56(40)35-28-51(29-35)18-22-55(23-19-51)34-11-12-39(42(25-34)66-44-24-33-15-20-52-47(33)53-49(44)64-4)48(58)54-68(62,63)36-26-41(57(60)61)46-43(27-36)65-30-45(67-46)32-13-16-50(3,59)17-14-32/h5-6,8-9,11-12,15,20,24-27,31-32,35,40,45,59H,7,10,13-14,16-19,21-23,28-30H2,1-4H3,(H,52,53)(H,54,58)/t32?,40-,45-,50?/m1/s1. The second-order valence-electron chi connectivity index (χ2n) is 20.2. The Morgan fingerprint density at radius 1 is 1.01 bits per heavy atom. The maximum atomic E-state index is 14.2. The van der Waals surface area contributed by atoms with E-state index in [9.17, 15) is 28.4 Å². The summed E-state index contributed by atoms with van der Waals surface area (Å²) in [6, 6.07) is 20.9. The highest BCUT2D eigenvalue weighted by Crippen LogP contribution is 2.55. The van der Waals surface area contributed by atoms with Crippen molar-refractivity contribution in [3.63, 3.8) is 0 Å². The number of carbonyl (C=O) groups excluding carboxylic acids is 1. The van der Waals surface area contributed by atoms with Crippen molar-refractivity contribution in [2.24, 2.45) is 11.3 Å². The summed E-state index contributed by atoms with van der Waals surface area (Å²) in [5.74, 6) is 0.207. The van der Waals surface area contributed by atoms with Gasteiger partial charge in [-0.3, -0.25) is 19.8 Å². The smallest absolute Gasteiger partial charge is 0.288 e. The van der Waals surface area contributed by atoms with E-state index in [1.807, 2.05) is 13.0 Å². The van der Waals surface area contributed by atoms with Crippen molar-refractivity contribution in [1.29, 1.82) is 0 Å². The molecule has 360 valence electrons. The number of hydrogen-bond acceptors (Lipinski definition) is 13. The van der Waals surface area contributed by atoms with Crippen molar-refractivity contribution >= 4 is 50.1 Å². The highest BCUT2D eigenvalue weighted by molar-refractivity contribution is 8.00. The van der Waals surface area contributed by atoms with Gasteiger partial charge in [0.2, 0.25) is 0 Å². The van der Waals surface area contributed by atoms with E-state index in [1.54, 1.807) is 30.5 Å². The van der Waals surface area contributed by atoms with E-state index < -0.39 is 37.0 Å². The van der Waals surface area contributed by atoms with Gasteiger partial charge in [0.1, 0.15) is 28.6 Å². The van der Waals surface area contributed by atoms with Crippen molar-refractivity contribution in [2.75, 3.05) is 38.3 Å². The summed E-state index contributed by atoms with van der Waals surface area (Å²) in [5.41, 5.74) is 3.39. The molecule has 17 heteroatoms. The number of nitrogens with one attached hydrogen (secondary N) is 2. The molecule has 0 radical (unpaired) electrons. The summed E-state index contributed by atoms with van der Waals surface area (Å²) < 4.78 is 48.4. The molecule has 68 heavy (non-hydrogen) atoms. The van der Waals surface area contributed by atoms with Gasteiger partial charge in [-0.25, -0.2) is 13.1 Å². The predicted octanol–water partition coefficient (Wildman–Crippen LogP) is 9.89. The fraction of sp³-hybridized carbons (Fsp3) is 0.490. The number of nitro groups is 1. The third kappa shape index (κ3) is 9.02. The van der Waals surface area contributed by atoms with Gasteiger partial charge in [-0.05, 0) is 130 Å². The third-order valence-corrected chi connectivity index (χ3v) is 18.2. The summed E-state index contributed by atoms with van der Waals surface area (Å²) in [4.78, 5) is 38.5. The van der Waals surface area contributed by atoms with Crippen LogP contribution < -0.4 is 23.8 Å². The maximum absolute atomic E-state index is 14.2. The number of ether oxygens (including phenoxy) is 3. The highest BCUT2D eigenvalue weighted by atomic mass is 32.2. The number of nitro benzene ring substituents is 1. The van der Waals surface area contributed by atoms with Crippen LogP contribution in [0.15, 0.2) is 82.7 Å². The molecule has 4 fully saturated rings. The Morgan fingerprint density at radius 3 is 2.51 bits per heavy atom. The number of benzene rings is 3. The van der Waals surface area contributed by atoms with Crippen LogP contribution in [0.1, 0.15) is 118 Å². The number of hydrogen-bond donors (Lipinski definition) is 3. The number of carbonyl (C=O) groups is 1. The van der Waals surface area contributed by atoms with Gasteiger partial charge in [-0.15, -0.1) is 11.8 Å². The number of piperidine rings is 1. The van der Waals surface area contributed by atoms with E-state index >= 15 is 0 Å². The van der Waals surface area contributed by atoms with Crippen LogP contribution >= 0.6 is 11.8 Å². The van der Waals surface area contributed by atoms with Crippen molar-refractivity contribution in [1.82, 2.24) is 19.6 Å². The number of aliphatic hydroxyl groups is 1. The molecule has 3 N–H and O–H groups in total. The zero-order chi connectivity index (χ0) is 47.5. The van der Waals surface area contributed by atoms with Gasteiger partial charge in [-0.1, -0.05) is 38.1 Å². The quantitative estimate of drug-likeness (QED) is 0.0792. The molecule has 5 aromatic rings. The summed E-state index contributed by atoms with van der Waals surface area (Å²) >= 11 is 1.31. The topological polar surface area (TPSA) is 189 Å². The number of pyridine rings is 1. The lowest BCUT2D eigenvalue weighted by molar-refractivity contribution is -0.388. The Balaban J connectivity index is 0.875. The molecule has 0 bridgehead atoms. The molecule has 10 rings (SSSR count). The van der Waals surface area contributed by atoms with Gasteiger partial charge in [0.25, 0.3) is 27.5 Å². The number of nitrogens with zero attached hydrogens (tertiary/aromatic N) is 4. The monoisotopic (exact) mass is 964 g/mol. The summed E-state index contributed by atoms with van der Waals surface area (Å²) in [6.45, 7) is 9.38. The van der Waals surface area contributed by atoms with E-state index in [0.717, 1.165) is 62.5 Å². The average molecular weight is 965 g/mol. The molecule has 2 aromatic heterocycles. The van der Waals surface area contributed by atoms with Crippen LogP contribution in [0.5, 0.6) is 23.1 Å². The Labute approximate surface area is 401 Å². The van der Waals surface area contributed by atoms with E-state index in [4.69, 9.17) is 14.2 Å². The third-order valence-electron chi connectivity index (χ3n) is 15.4. The molecule has 5 heterocycles. The van der Waals surface area contributed by atoms with Crippen molar-refractivity contribution < 1.29 is 37.5 Å². The molecule has 1 spiro atoms. The van der Waals surface area contributed by atoms with Crippen LogP contribution in [0.2, 0.25) is 0 Å². The number of anilines is 1. The van der Waals surface area contributed by atoms with Crippen LogP contribution in [-0.2, 0) is 10.0 Å². The maximum Gasteiger partial charge on any atom is 0.288 e. The number of aromatic amines is 1. The molecule has 5 aliphatic rings. The lowest BCUT2D eigenvalue weighted by Gasteiger charge is -2.56. The number of H-pyrrole nitrogens is 1. The average Bonchev–Trinajstić information content (AvgIpc) is 3.99. The molecule has 2 saturated heterocycles. The molecular formula is C51H60N6O9S2. The highest BCUT2D eigenvalue weighted by Gasteiger charge is 2.50. The van der Waals surface area contributed by atoms with Gasteiger partial charge in [-0.2, -0.15) is 4.98 Å². The van der Waals surface area contributed by atoms with Gasteiger partial charge >= 0.3 is 0 Å². The Bertz CT molecular complexity index is 2840. The molecule has 2 aliphatic carbocycles. The SMILES string of the molecule is COc1nc2[nH]ccc2cc1Oc1cc(N2CCC3(CC2)CC(N2CCC[C@@H]2c2ccccc2C(C)C)C3)ccc1C(=O)NS(=O)(=O)c1cc2c(c([N+](=O)[O-])c1)S[C@@H](C1CCC(C)(O)CC1)CO2. The predicted molar refractivity (Wildman–Crippen MR) is 261 cm³/mol. The first-order valence-electron chi connectivity index (χ1n) is 23.9. The Kier molecular flexibility index (Phi) is 12.4. The van der Waals surface area contributed by atoms with Gasteiger partial charge in [0.05, 0.1) is 28.1 Å². The normalized spacial score (nSPS) is 24.1. The van der Waals surface area contributed by atoms with Crippen LogP contribution in [0.4, 0.5) is 11.4 Å². The minimum atomic E-state index is -4.68. The Morgan fingerprint density at radius 2 is 1.78 bits per heavy atom. The molecule has 15 nitrogen and oxygen atoms in total. The molecule has 2 saturated carbocycles. The molecular weight excluding hydrogens is 905 g/mol. The number of sulfonamides is 1. The summed E-state index contributed by atoms with van der Waals surface area (Å²) in [5, 5.41) is 23.6. The minimum absolute atomic E-state index is 0.0672. The van der Waals surface area contributed by atoms with E-state index in [0.29, 0.717) is 36.5 Å². The van der Waals surface area contributed by atoms with Gasteiger partial charge in [0, 0.05) is 65.9 Å². The van der Waals surface area contributed by atoms with Crippen molar-refractivity contribution in [3.8, 4) is 23.1 Å². The summed E-state index contributed by atoms with van der Waals surface area (Å²) in [7, 11) is -3.21. The number of methoxy groups -OCH3 is 1.